The van der Waals surface area contributed by atoms with Crippen molar-refractivity contribution in [2.45, 2.75) is 0 Å². The lowest BCUT2D eigenvalue weighted by atomic mass is 9.86. The van der Waals surface area contributed by atoms with E-state index in [0.717, 1.165) is 22.4 Å². The monoisotopic (exact) mass is 620 g/mol. The highest BCUT2D eigenvalue weighted by Crippen LogP contribution is 2.53. The molecule has 0 unspecified atom stereocenters. The molecule has 0 atom stereocenters. The Morgan fingerprint density at radius 2 is 0.878 bits per heavy atom. The van der Waals surface area contributed by atoms with E-state index in [1.54, 1.807) is 0 Å². The molecule has 1 nitrogen and oxygen atoms in total. The average molecular weight is 621 g/mol. The van der Waals surface area contributed by atoms with Gasteiger partial charge in [0, 0.05) is 16.3 Å². The van der Waals surface area contributed by atoms with E-state index in [9.17, 15) is 0 Å². The van der Waals surface area contributed by atoms with Crippen LogP contribution in [0.3, 0.4) is 0 Å². The van der Waals surface area contributed by atoms with Crippen molar-refractivity contribution in [1.29, 1.82) is 0 Å². The summed E-state index contributed by atoms with van der Waals surface area (Å²) in [7, 11) is 0. The van der Waals surface area contributed by atoms with Crippen LogP contribution in [0.15, 0.2) is 170 Å². The van der Waals surface area contributed by atoms with Crippen molar-refractivity contribution in [1.82, 2.24) is 0 Å². The Balaban J connectivity index is 1.13. The zero-order valence-corrected chi connectivity index (χ0v) is 26.6. The van der Waals surface area contributed by atoms with Gasteiger partial charge in [-0.25, -0.2) is 0 Å². The molecule has 0 fully saturated rings. The van der Waals surface area contributed by atoms with Crippen LogP contribution in [-0.4, -0.2) is 0 Å². The predicted octanol–water partition coefficient (Wildman–Crippen LogP) is 13.7. The summed E-state index contributed by atoms with van der Waals surface area (Å²) in [5.41, 5.74) is 9.64. The summed E-state index contributed by atoms with van der Waals surface area (Å²) in [6.07, 6.45) is 0. The summed E-state index contributed by atoms with van der Waals surface area (Å²) in [4.78, 5) is 0. The topological polar surface area (TPSA) is 9.23 Å². The number of hydrogen-bond donors (Lipinski definition) is 0. The van der Waals surface area contributed by atoms with Gasteiger partial charge in [-0.3, -0.25) is 0 Å². The van der Waals surface area contributed by atoms with Crippen LogP contribution < -0.4 is 4.74 Å². The molecule has 0 saturated heterocycles. The third kappa shape index (κ3) is 3.82. The lowest BCUT2D eigenvalue weighted by molar-refractivity contribution is 0.493. The highest BCUT2D eigenvalue weighted by atomic mass is 16.5. The van der Waals surface area contributed by atoms with E-state index in [1.165, 1.54) is 87.4 Å². The van der Waals surface area contributed by atoms with Gasteiger partial charge in [0.2, 0.25) is 0 Å². The van der Waals surface area contributed by atoms with Crippen LogP contribution in [0.1, 0.15) is 0 Å². The molecule has 0 N–H and O–H groups in total. The Morgan fingerprint density at radius 3 is 1.73 bits per heavy atom. The molecule has 0 amide bonds. The van der Waals surface area contributed by atoms with Gasteiger partial charge >= 0.3 is 0 Å². The van der Waals surface area contributed by atoms with Crippen LogP contribution in [0.2, 0.25) is 0 Å². The molecule has 0 saturated carbocycles. The lowest BCUT2D eigenvalue weighted by Crippen LogP contribution is -2.00. The van der Waals surface area contributed by atoms with Gasteiger partial charge in [-0.05, 0) is 100 Å². The van der Waals surface area contributed by atoms with Crippen LogP contribution in [0.5, 0.6) is 11.5 Å². The lowest BCUT2D eigenvalue weighted by Gasteiger charge is -2.25. The van der Waals surface area contributed by atoms with E-state index in [1.807, 2.05) is 0 Å². The Hall–Kier alpha value is -6.44. The number of ether oxygens (including phenoxy) is 1. The second kappa shape index (κ2) is 10.0. The highest BCUT2D eigenvalue weighted by Gasteiger charge is 2.25. The van der Waals surface area contributed by atoms with Crippen molar-refractivity contribution in [3.63, 3.8) is 0 Å². The Kier molecular flexibility index (Phi) is 5.45. The molecule has 1 aliphatic heterocycles. The van der Waals surface area contributed by atoms with Crippen LogP contribution in [-0.2, 0) is 0 Å². The summed E-state index contributed by atoms with van der Waals surface area (Å²) in [6, 6.07) is 62.0. The minimum Gasteiger partial charge on any atom is -0.455 e. The molecule has 1 aliphatic rings. The second-order valence-electron chi connectivity index (χ2n) is 13.2. The molecule has 0 bridgehead atoms. The molecule has 0 radical (unpaired) electrons. The molecule has 10 aromatic rings. The summed E-state index contributed by atoms with van der Waals surface area (Å²) >= 11 is 0. The molecule has 11 rings (SSSR count). The van der Waals surface area contributed by atoms with Gasteiger partial charge in [0.1, 0.15) is 11.5 Å². The maximum Gasteiger partial charge on any atom is 0.143 e. The molecule has 49 heavy (non-hydrogen) atoms. The number of rotatable bonds is 3. The summed E-state index contributed by atoms with van der Waals surface area (Å²) in [6.45, 7) is 0. The zero-order chi connectivity index (χ0) is 32.1. The smallest absolute Gasteiger partial charge is 0.143 e. The van der Waals surface area contributed by atoms with Crippen LogP contribution in [0, 0.1) is 0 Å². The molecule has 0 spiro atoms. The highest BCUT2D eigenvalue weighted by molar-refractivity contribution is 6.25. The van der Waals surface area contributed by atoms with E-state index in [0.29, 0.717) is 0 Å². The zero-order valence-electron chi connectivity index (χ0n) is 26.6. The van der Waals surface area contributed by atoms with Crippen molar-refractivity contribution >= 4 is 53.9 Å². The standard InChI is InChI=1S/C48H28O/c1-2-9-29(10-3-1)35-25-26-44-47-38(35)17-8-18-39(47)43-28-42(37-15-4-5-16-41(37)48(43)49-44)34-14-7-13-33(27-34)36-23-21-32-20-19-30-11-6-12-31-22-24-40(36)46(32)45(30)31/h1-28H. The van der Waals surface area contributed by atoms with E-state index < -0.39 is 0 Å². The van der Waals surface area contributed by atoms with Gasteiger partial charge < -0.3 is 4.74 Å². The number of fused-ring (bicyclic) bond motifs is 4. The molecule has 1 heteroatoms. The first-order valence-electron chi connectivity index (χ1n) is 16.9. The molecule has 10 aromatic carbocycles. The minimum atomic E-state index is 0.909. The average Bonchev–Trinajstić information content (AvgIpc) is 3.17. The molecule has 226 valence electrons. The van der Waals surface area contributed by atoms with Crippen LogP contribution in [0.25, 0.3) is 98.4 Å². The second-order valence-corrected chi connectivity index (χ2v) is 13.2. The quantitative estimate of drug-likeness (QED) is 0.179. The normalized spacial score (nSPS) is 12.2. The van der Waals surface area contributed by atoms with Gasteiger partial charge in [-0.15, -0.1) is 0 Å². The van der Waals surface area contributed by atoms with Crippen molar-refractivity contribution in [2.24, 2.45) is 0 Å². The Morgan fingerprint density at radius 1 is 0.286 bits per heavy atom. The maximum atomic E-state index is 6.84. The minimum absolute atomic E-state index is 0.909. The molecular weight excluding hydrogens is 593 g/mol. The third-order valence-electron chi connectivity index (χ3n) is 10.6. The van der Waals surface area contributed by atoms with Crippen molar-refractivity contribution in [3.8, 4) is 56.0 Å². The largest absolute Gasteiger partial charge is 0.455 e. The van der Waals surface area contributed by atoms with Gasteiger partial charge in [0.25, 0.3) is 0 Å². The first kappa shape index (κ1) is 26.6. The van der Waals surface area contributed by atoms with Crippen molar-refractivity contribution < 1.29 is 4.74 Å². The molecule has 0 aromatic heterocycles. The first-order valence-corrected chi connectivity index (χ1v) is 16.9. The SMILES string of the molecule is c1ccc(-c2ccc3c4c(cccc24)-c2cc(-c4cccc(-c5ccc6ccc7cccc8ccc5c6c78)c4)c4ccccc4c2O3)cc1. The van der Waals surface area contributed by atoms with Crippen molar-refractivity contribution in [3.05, 3.63) is 170 Å². The van der Waals surface area contributed by atoms with Gasteiger partial charge in [0.05, 0.1) is 0 Å². The predicted molar refractivity (Wildman–Crippen MR) is 207 cm³/mol. The van der Waals surface area contributed by atoms with Gasteiger partial charge in [0.15, 0.2) is 0 Å². The van der Waals surface area contributed by atoms with Crippen molar-refractivity contribution in [2.75, 3.05) is 0 Å². The third-order valence-corrected chi connectivity index (χ3v) is 10.6. The van der Waals surface area contributed by atoms with E-state index in [4.69, 9.17) is 4.74 Å². The fourth-order valence-corrected chi connectivity index (χ4v) is 8.40. The fourth-order valence-electron chi connectivity index (χ4n) is 8.40. The van der Waals surface area contributed by atoms with Crippen LogP contribution in [0.4, 0.5) is 0 Å². The fraction of sp³-hybridized carbons (Fsp3) is 0. The Labute approximate surface area is 283 Å². The molecule has 1 heterocycles. The molecule has 0 aliphatic carbocycles. The van der Waals surface area contributed by atoms with E-state index in [2.05, 4.69) is 170 Å². The van der Waals surface area contributed by atoms with Gasteiger partial charge in [-0.2, -0.15) is 0 Å². The van der Waals surface area contributed by atoms with Gasteiger partial charge in [-0.1, -0.05) is 152 Å². The Bertz CT molecular complexity index is 2940. The number of benzene rings is 10. The van der Waals surface area contributed by atoms with E-state index >= 15 is 0 Å². The summed E-state index contributed by atoms with van der Waals surface area (Å²) in [5, 5.41) is 12.5. The summed E-state index contributed by atoms with van der Waals surface area (Å²) in [5.74, 6) is 1.83. The summed E-state index contributed by atoms with van der Waals surface area (Å²) < 4.78 is 6.84. The molecular formula is C48H28O. The first-order chi connectivity index (χ1) is 24.3. The maximum absolute atomic E-state index is 6.84. The van der Waals surface area contributed by atoms with E-state index in [-0.39, 0.29) is 0 Å². The number of hydrogen-bond acceptors (Lipinski definition) is 1. The van der Waals surface area contributed by atoms with Crippen LogP contribution >= 0.6 is 0 Å².